The summed E-state index contributed by atoms with van der Waals surface area (Å²) in [7, 11) is 4.34. The van der Waals surface area contributed by atoms with E-state index in [1.807, 2.05) is 6.92 Å². The Labute approximate surface area is 205 Å². The maximum Gasteiger partial charge on any atom is 0.269 e. The lowest BCUT2D eigenvalue weighted by Crippen LogP contribution is -2.42. The molecule has 0 heterocycles. The van der Waals surface area contributed by atoms with E-state index in [1.54, 1.807) is 31.2 Å². The first kappa shape index (κ1) is 27.3. The van der Waals surface area contributed by atoms with Crippen LogP contribution in [0.15, 0.2) is 36.4 Å². The lowest BCUT2D eigenvalue weighted by atomic mass is 10.0. The fourth-order valence-electron chi connectivity index (χ4n) is 3.23. The third-order valence-electron chi connectivity index (χ3n) is 4.92. The summed E-state index contributed by atoms with van der Waals surface area (Å²) < 4.78 is 21.2. The van der Waals surface area contributed by atoms with Gasteiger partial charge in [-0.2, -0.15) is 0 Å². The first-order valence-corrected chi connectivity index (χ1v) is 11.2. The Morgan fingerprint density at radius 2 is 1.46 bits per heavy atom. The molecule has 2 aromatic rings. The SMILES string of the molecule is CCCOc1ccc(NC(=O)CC(C)CC(=O)NNC(=O)c2cc(OC)c(OC)c(OC)c2)cc1. The average Bonchev–Trinajstić information content (AvgIpc) is 2.85. The van der Waals surface area contributed by atoms with Gasteiger partial charge in [0.25, 0.3) is 5.91 Å². The summed E-state index contributed by atoms with van der Waals surface area (Å²) in [4.78, 5) is 37.0. The van der Waals surface area contributed by atoms with Crippen LogP contribution in [0.1, 0.15) is 43.5 Å². The smallest absolute Gasteiger partial charge is 0.269 e. The van der Waals surface area contributed by atoms with Crippen LogP contribution in [0.2, 0.25) is 0 Å². The molecular weight excluding hydrogens is 454 g/mol. The molecule has 1 atom stereocenters. The maximum absolute atomic E-state index is 12.5. The van der Waals surface area contributed by atoms with Crippen LogP contribution in [0, 0.1) is 5.92 Å². The van der Waals surface area contributed by atoms with Gasteiger partial charge in [-0.25, -0.2) is 0 Å². The molecule has 3 N–H and O–H groups in total. The predicted molar refractivity (Wildman–Crippen MR) is 131 cm³/mol. The molecule has 0 aromatic heterocycles. The number of carbonyl (C=O) groups excluding carboxylic acids is 3. The minimum Gasteiger partial charge on any atom is -0.494 e. The van der Waals surface area contributed by atoms with Gasteiger partial charge in [-0.15, -0.1) is 0 Å². The molecule has 3 amide bonds. The van der Waals surface area contributed by atoms with Crippen molar-refractivity contribution in [2.45, 2.75) is 33.1 Å². The van der Waals surface area contributed by atoms with Gasteiger partial charge in [0.1, 0.15) is 5.75 Å². The second-order valence-corrected chi connectivity index (χ2v) is 7.85. The number of amides is 3. The Morgan fingerprint density at radius 3 is 2.00 bits per heavy atom. The molecule has 0 aliphatic rings. The molecule has 0 bridgehead atoms. The zero-order valence-electron chi connectivity index (χ0n) is 20.7. The molecule has 0 radical (unpaired) electrons. The van der Waals surface area contributed by atoms with Gasteiger partial charge in [0.05, 0.1) is 27.9 Å². The second kappa shape index (κ2) is 13.7. The number of anilines is 1. The number of hydrogen-bond donors (Lipinski definition) is 3. The number of methoxy groups -OCH3 is 3. The molecule has 190 valence electrons. The molecule has 2 aromatic carbocycles. The van der Waals surface area contributed by atoms with Crippen LogP contribution < -0.4 is 35.1 Å². The van der Waals surface area contributed by atoms with Gasteiger partial charge in [0.15, 0.2) is 11.5 Å². The van der Waals surface area contributed by atoms with Crippen molar-refractivity contribution in [1.82, 2.24) is 10.9 Å². The van der Waals surface area contributed by atoms with Crippen molar-refractivity contribution < 1.29 is 33.3 Å². The Kier molecular flexibility index (Phi) is 10.7. The highest BCUT2D eigenvalue weighted by Gasteiger charge is 2.18. The standard InChI is InChI=1S/C25H33N3O7/c1-6-11-35-19-9-7-18(8-10-19)26-22(29)12-16(2)13-23(30)27-28-25(31)17-14-20(32-3)24(34-5)21(15-17)33-4/h7-10,14-16H,6,11-13H2,1-5H3,(H,26,29)(H,27,30)(H,28,31). The highest BCUT2D eigenvalue weighted by molar-refractivity contribution is 5.96. The fourth-order valence-corrected chi connectivity index (χ4v) is 3.23. The molecule has 1 unspecified atom stereocenters. The molecule has 35 heavy (non-hydrogen) atoms. The highest BCUT2D eigenvalue weighted by atomic mass is 16.5. The van der Waals surface area contributed by atoms with Crippen LogP contribution in [0.3, 0.4) is 0 Å². The molecule has 0 fully saturated rings. The van der Waals surface area contributed by atoms with Crippen LogP contribution in [0.4, 0.5) is 5.69 Å². The van der Waals surface area contributed by atoms with Gasteiger partial charge >= 0.3 is 0 Å². The largest absolute Gasteiger partial charge is 0.494 e. The summed E-state index contributed by atoms with van der Waals surface area (Å²) in [5, 5.41) is 2.80. The quantitative estimate of drug-likeness (QED) is 0.392. The van der Waals surface area contributed by atoms with E-state index in [9.17, 15) is 14.4 Å². The van der Waals surface area contributed by atoms with Crippen LogP contribution in [0.25, 0.3) is 0 Å². The lowest BCUT2D eigenvalue weighted by Gasteiger charge is -2.15. The number of carbonyl (C=O) groups is 3. The van der Waals surface area contributed by atoms with Crippen LogP contribution in [-0.4, -0.2) is 45.7 Å². The van der Waals surface area contributed by atoms with Gasteiger partial charge in [0.2, 0.25) is 17.6 Å². The highest BCUT2D eigenvalue weighted by Crippen LogP contribution is 2.38. The van der Waals surface area contributed by atoms with Crippen molar-refractivity contribution in [3.8, 4) is 23.0 Å². The van der Waals surface area contributed by atoms with E-state index < -0.39 is 11.8 Å². The zero-order chi connectivity index (χ0) is 25.8. The van der Waals surface area contributed by atoms with E-state index in [0.717, 1.165) is 12.2 Å². The normalized spacial score (nSPS) is 11.1. The lowest BCUT2D eigenvalue weighted by molar-refractivity contribution is -0.123. The first-order valence-electron chi connectivity index (χ1n) is 11.2. The van der Waals surface area contributed by atoms with Gasteiger partial charge in [-0.05, 0) is 48.7 Å². The number of ether oxygens (including phenoxy) is 4. The fraction of sp³-hybridized carbons (Fsp3) is 0.400. The van der Waals surface area contributed by atoms with Gasteiger partial charge < -0.3 is 24.3 Å². The van der Waals surface area contributed by atoms with E-state index in [4.69, 9.17) is 18.9 Å². The summed E-state index contributed by atoms with van der Waals surface area (Å²) >= 11 is 0. The first-order chi connectivity index (χ1) is 16.8. The van der Waals surface area contributed by atoms with E-state index in [2.05, 4.69) is 16.2 Å². The zero-order valence-corrected chi connectivity index (χ0v) is 20.7. The van der Waals surface area contributed by atoms with Crippen molar-refractivity contribution in [1.29, 1.82) is 0 Å². The summed E-state index contributed by atoms with van der Waals surface area (Å²) in [6.07, 6.45) is 1.10. The summed E-state index contributed by atoms with van der Waals surface area (Å²) in [6, 6.07) is 10.0. The summed E-state index contributed by atoms with van der Waals surface area (Å²) in [5.74, 6) is 0.260. The number of hydrogen-bond acceptors (Lipinski definition) is 7. The Bertz CT molecular complexity index is 984. The Hall–Kier alpha value is -3.95. The Balaban J connectivity index is 1.82. The molecule has 0 saturated heterocycles. The minimum atomic E-state index is -0.561. The van der Waals surface area contributed by atoms with E-state index in [-0.39, 0.29) is 30.2 Å². The van der Waals surface area contributed by atoms with Crippen molar-refractivity contribution >= 4 is 23.4 Å². The van der Waals surface area contributed by atoms with Gasteiger partial charge in [-0.1, -0.05) is 13.8 Å². The number of nitrogens with one attached hydrogen (secondary N) is 3. The van der Waals surface area contributed by atoms with Gasteiger partial charge in [-0.3, -0.25) is 25.2 Å². The number of rotatable bonds is 12. The van der Waals surface area contributed by atoms with Crippen molar-refractivity contribution in [2.24, 2.45) is 5.92 Å². The van der Waals surface area contributed by atoms with E-state index >= 15 is 0 Å². The molecule has 0 aliphatic carbocycles. The van der Waals surface area contributed by atoms with Crippen LogP contribution in [0.5, 0.6) is 23.0 Å². The molecule has 10 nitrogen and oxygen atoms in total. The third kappa shape index (κ3) is 8.40. The van der Waals surface area contributed by atoms with Crippen LogP contribution >= 0.6 is 0 Å². The molecule has 0 aliphatic heterocycles. The Morgan fingerprint density at radius 1 is 0.857 bits per heavy atom. The minimum absolute atomic E-state index is 0.0484. The molecular formula is C25H33N3O7. The molecule has 2 rings (SSSR count). The van der Waals surface area contributed by atoms with E-state index in [0.29, 0.717) is 29.5 Å². The van der Waals surface area contributed by atoms with E-state index in [1.165, 1.54) is 33.5 Å². The topological polar surface area (TPSA) is 124 Å². The summed E-state index contributed by atoms with van der Waals surface area (Å²) in [5.41, 5.74) is 5.57. The number of hydrazine groups is 1. The third-order valence-corrected chi connectivity index (χ3v) is 4.92. The van der Waals surface area contributed by atoms with Gasteiger partial charge in [0, 0.05) is 24.1 Å². The van der Waals surface area contributed by atoms with Crippen molar-refractivity contribution in [2.75, 3.05) is 33.3 Å². The molecule has 0 spiro atoms. The summed E-state index contributed by atoms with van der Waals surface area (Å²) in [6.45, 7) is 4.44. The van der Waals surface area contributed by atoms with Crippen molar-refractivity contribution in [3.05, 3.63) is 42.0 Å². The van der Waals surface area contributed by atoms with Crippen molar-refractivity contribution in [3.63, 3.8) is 0 Å². The monoisotopic (exact) mass is 487 g/mol. The predicted octanol–water partition coefficient (Wildman–Crippen LogP) is 3.32. The average molecular weight is 488 g/mol. The van der Waals surface area contributed by atoms with Crippen LogP contribution in [-0.2, 0) is 9.59 Å². The molecule has 0 saturated carbocycles. The second-order valence-electron chi connectivity index (χ2n) is 7.85. The number of benzene rings is 2. The molecule has 10 heteroatoms. The maximum atomic E-state index is 12.5.